The van der Waals surface area contributed by atoms with Crippen LogP contribution < -0.4 is 10.6 Å². The molecule has 4 fully saturated rings. The summed E-state index contributed by atoms with van der Waals surface area (Å²) in [5.74, 6) is 1.39. The summed E-state index contributed by atoms with van der Waals surface area (Å²) in [5.41, 5.74) is 0.895. The average Bonchev–Trinajstić information content (AvgIpc) is 2.43. The Morgan fingerprint density at radius 2 is 1.05 bits per heavy atom. The normalized spacial score (nSPS) is 47.8. The van der Waals surface area contributed by atoms with Crippen LogP contribution in [0.1, 0.15) is 64.2 Å². The number of Topliss-reactive ketones (excluding diaryl/α,β-unsaturated/α-hetero) is 1. The van der Waals surface area contributed by atoms with E-state index < -0.39 is 0 Å². The number of rotatable bonds is 2. The molecule has 112 valence electrons. The Morgan fingerprint density at radius 1 is 0.700 bits per heavy atom. The summed E-state index contributed by atoms with van der Waals surface area (Å²) in [5, 5.41) is 7.21. The molecular formula is C17H28N2O. The lowest BCUT2D eigenvalue weighted by Gasteiger charge is -2.49. The summed E-state index contributed by atoms with van der Waals surface area (Å²) < 4.78 is 0. The van der Waals surface area contributed by atoms with Gasteiger partial charge in [0.25, 0.3) is 0 Å². The fourth-order valence-electron chi connectivity index (χ4n) is 5.05. The standard InChI is InChI=1S/C17H28N2O/c20-15(13-1-5-16(6-2-13)9-11-18-16)14-3-7-17(8-4-14)10-12-19-17/h13-14,18-19H,1-12H2. The van der Waals surface area contributed by atoms with Crippen LogP contribution in [0.5, 0.6) is 0 Å². The summed E-state index contributed by atoms with van der Waals surface area (Å²) in [6, 6.07) is 0. The molecular weight excluding hydrogens is 248 g/mol. The van der Waals surface area contributed by atoms with Crippen LogP contribution in [0, 0.1) is 11.8 Å². The predicted molar refractivity (Wildman–Crippen MR) is 79.6 cm³/mol. The Kier molecular flexibility index (Phi) is 3.19. The molecule has 2 spiro atoms. The minimum Gasteiger partial charge on any atom is -0.311 e. The van der Waals surface area contributed by atoms with Crippen molar-refractivity contribution >= 4 is 5.78 Å². The van der Waals surface area contributed by atoms with E-state index in [9.17, 15) is 4.79 Å². The van der Waals surface area contributed by atoms with Gasteiger partial charge in [-0.3, -0.25) is 4.79 Å². The van der Waals surface area contributed by atoms with Crippen LogP contribution >= 0.6 is 0 Å². The molecule has 2 N–H and O–H groups in total. The number of hydrogen-bond donors (Lipinski definition) is 2. The van der Waals surface area contributed by atoms with Gasteiger partial charge in [-0.05, 0) is 77.3 Å². The summed E-state index contributed by atoms with van der Waals surface area (Å²) in [7, 11) is 0. The quantitative estimate of drug-likeness (QED) is 0.814. The van der Waals surface area contributed by atoms with Gasteiger partial charge >= 0.3 is 0 Å². The van der Waals surface area contributed by atoms with Gasteiger partial charge in [-0.25, -0.2) is 0 Å². The highest BCUT2D eigenvalue weighted by Crippen LogP contribution is 2.43. The molecule has 0 bridgehead atoms. The van der Waals surface area contributed by atoms with E-state index in [1.165, 1.54) is 51.6 Å². The maximum atomic E-state index is 12.7. The van der Waals surface area contributed by atoms with E-state index in [1.54, 1.807) is 0 Å². The molecule has 0 aromatic carbocycles. The summed E-state index contributed by atoms with van der Waals surface area (Å²) in [4.78, 5) is 12.7. The summed E-state index contributed by atoms with van der Waals surface area (Å²) in [6.07, 6.45) is 12.2. The lowest BCUT2D eigenvalue weighted by molar-refractivity contribution is -0.130. The van der Waals surface area contributed by atoms with E-state index in [1.807, 2.05) is 0 Å². The first-order chi connectivity index (χ1) is 9.71. The summed E-state index contributed by atoms with van der Waals surface area (Å²) in [6.45, 7) is 2.38. The van der Waals surface area contributed by atoms with Crippen LogP contribution in [0.4, 0.5) is 0 Å². The molecule has 2 saturated heterocycles. The fraction of sp³-hybridized carbons (Fsp3) is 0.941. The molecule has 0 amide bonds. The smallest absolute Gasteiger partial charge is 0.139 e. The van der Waals surface area contributed by atoms with Crippen LogP contribution in [0.25, 0.3) is 0 Å². The lowest BCUT2D eigenvalue weighted by atomic mass is 9.65. The third kappa shape index (κ3) is 2.14. The summed E-state index contributed by atoms with van der Waals surface area (Å²) >= 11 is 0. The van der Waals surface area contributed by atoms with E-state index in [2.05, 4.69) is 10.6 Å². The molecule has 0 aromatic rings. The number of hydrogen-bond acceptors (Lipinski definition) is 3. The fourth-order valence-corrected chi connectivity index (χ4v) is 5.05. The highest BCUT2D eigenvalue weighted by Gasteiger charge is 2.45. The molecule has 3 nitrogen and oxygen atoms in total. The van der Waals surface area contributed by atoms with Gasteiger partial charge < -0.3 is 10.6 Å². The Labute approximate surface area is 122 Å². The van der Waals surface area contributed by atoms with Crippen LogP contribution in [0.15, 0.2) is 0 Å². The molecule has 0 aromatic heterocycles. The second kappa shape index (κ2) is 4.81. The number of nitrogens with one attached hydrogen (secondary N) is 2. The molecule has 2 heterocycles. The largest absolute Gasteiger partial charge is 0.311 e. The minimum atomic E-state index is 0.386. The number of carbonyl (C=O) groups excluding carboxylic acids is 1. The van der Waals surface area contributed by atoms with Crippen molar-refractivity contribution in [2.24, 2.45) is 11.8 Å². The van der Waals surface area contributed by atoms with E-state index >= 15 is 0 Å². The highest BCUT2D eigenvalue weighted by atomic mass is 16.1. The van der Waals surface area contributed by atoms with Gasteiger partial charge in [0.05, 0.1) is 0 Å². The van der Waals surface area contributed by atoms with Crippen LogP contribution in [0.2, 0.25) is 0 Å². The molecule has 0 unspecified atom stereocenters. The first kappa shape index (κ1) is 13.3. The zero-order chi connectivity index (χ0) is 13.6. The molecule has 2 aliphatic carbocycles. The van der Waals surface area contributed by atoms with Crippen molar-refractivity contribution in [1.82, 2.24) is 10.6 Å². The number of ketones is 1. The molecule has 20 heavy (non-hydrogen) atoms. The van der Waals surface area contributed by atoms with Gasteiger partial charge in [0.15, 0.2) is 0 Å². The Hall–Kier alpha value is -0.410. The van der Waals surface area contributed by atoms with Gasteiger partial charge in [-0.2, -0.15) is 0 Å². The second-order valence-corrected chi connectivity index (χ2v) is 7.87. The van der Waals surface area contributed by atoms with Gasteiger partial charge in [-0.1, -0.05) is 0 Å². The highest BCUT2D eigenvalue weighted by molar-refractivity contribution is 5.83. The van der Waals surface area contributed by atoms with Crippen molar-refractivity contribution in [3.8, 4) is 0 Å². The van der Waals surface area contributed by atoms with E-state index in [0.29, 0.717) is 28.7 Å². The topological polar surface area (TPSA) is 41.1 Å². The Bertz CT molecular complexity index is 342. The van der Waals surface area contributed by atoms with Crippen molar-refractivity contribution in [1.29, 1.82) is 0 Å². The average molecular weight is 276 g/mol. The minimum absolute atomic E-state index is 0.386. The monoisotopic (exact) mass is 276 g/mol. The Balaban J connectivity index is 1.30. The molecule has 0 atom stereocenters. The van der Waals surface area contributed by atoms with Crippen LogP contribution in [-0.4, -0.2) is 30.0 Å². The van der Waals surface area contributed by atoms with Crippen molar-refractivity contribution < 1.29 is 4.79 Å². The molecule has 3 heteroatoms. The van der Waals surface area contributed by atoms with Crippen molar-refractivity contribution in [2.45, 2.75) is 75.3 Å². The second-order valence-electron chi connectivity index (χ2n) is 7.87. The Morgan fingerprint density at radius 3 is 1.30 bits per heavy atom. The van der Waals surface area contributed by atoms with E-state index in [4.69, 9.17) is 0 Å². The maximum Gasteiger partial charge on any atom is 0.139 e. The van der Waals surface area contributed by atoms with Crippen molar-refractivity contribution in [2.75, 3.05) is 13.1 Å². The van der Waals surface area contributed by atoms with Crippen molar-refractivity contribution in [3.05, 3.63) is 0 Å². The first-order valence-corrected chi connectivity index (χ1v) is 8.74. The number of carbonyl (C=O) groups is 1. The van der Waals surface area contributed by atoms with Gasteiger partial charge in [0, 0.05) is 22.9 Å². The van der Waals surface area contributed by atoms with Crippen LogP contribution in [-0.2, 0) is 4.79 Å². The zero-order valence-corrected chi connectivity index (χ0v) is 12.5. The third-order valence-corrected chi connectivity index (χ3v) is 6.90. The van der Waals surface area contributed by atoms with Gasteiger partial charge in [-0.15, -0.1) is 0 Å². The van der Waals surface area contributed by atoms with E-state index in [-0.39, 0.29) is 0 Å². The molecule has 0 radical (unpaired) electrons. The zero-order valence-electron chi connectivity index (χ0n) is 12.5. The van der Waals surface area contributed by atoms with Gasteiger partial charge in [0.1, 0.15) is 5.78 Å². The molecule has 4 rings (SSSR count). The SMILES string of the molecule is O=C(C1CCC2(CCN2)CC1)C1CCC2(CCN2)CC1. The third-order valence-electron chi connectivity index (χ3n) is 6.90. The molecule has 2 aliphatic heterocycles. The predicted octanol–water partition coefficient (Wildman–Crippen LogP) is 2.40. The maximum absolute atomic E-state index is 12.7. The van der Waals surface area contributed by atoms with Crippen molar-refractivity contribution in [3.63, 3.8) is 0 Å². The lowest BCUT2D eigenvalue weighted by Crippen LogP contribution is -2.59. The van der Waals surface area contributed by atoms with Gasteiger partial charge in [0.2, 0.25) is 0 Å². The van der Waals surface area contributed by atoms with Crippen LogP contribution in [0.3, 0.4) is 0 Å². The molecule has 2 saturated carbocycles. The molecule has 4 aliphatic rings. The van der Waals surface area contributed by atoms with E-state index in [0.717, 1.165) is 25.7 Å². The first-order valence-electron chi connectivity index (χ1n) is 8.74.